The third kappa shape index (κ3) is 3.62. The normalized spacial score (nSPS) is 16.9. The maximum absolute atomic E-state index is 12.6. The Balaban J connectivity index is 2.08. The first-order chi connectivity index (χ1) is 9.76. The third-order valence-electron chi connectivity index (χ3n) is 4.17. The van der Waals surface area contributed by atoms with E-state index in [0.717, 1.165) is 13.0 Å². The van der Waals surface area contributed by atoms with Crippen molar-refractivity contribution in [3.05, 3.63) is 11.9 Å². The van der Waals surface area contributed by atoms with Crippen molar-refractivity contribution in [2.45, 2.75) is 64.8 Å². The van der Waals surface area contributed by atoms with Crippen molar-refractivity contribution in [1.82, 2.24) is 9.78 Å². The molecule has 1 aliphatic rings. The summed E-state index contributed by atoms with van der Waals surface area (Å²) in [7, 11) is 1.61. The summed E-state index contributed by atoms with van der Waals surface area (Å²) in [5.74, 6) is 1.36. The molecule has 0 amide bonds. The number of Topliss-reactive ketones (excluding diaryl/α,β-unsaturated/α-hetero) is 1. The van der Waals surface area contributed by atoms with Gasteiger partial charge in [-0.3, -0.25) is 9.48 Å². The molecule has 0 N–H and O–H groups in total. The zero-order chi connectivity index (χ0) is 14.4. The van der Waals surface area contributed by atoms with Crippen LogP contribution in [-0.2, 0) is 6.54 Å². The highest BCUT2D eigenvalue weighted by Gasteiger charge is 2.23. The molecule has 1 heterocycles. The second kappa shape index (κ2) is 7.46. The topological polar surface area (TPSA) is 44.1 Å². The second-order valence-electron chi connectivity index (χ2n) is 5.77. The molecule has 2 rings (SSSR count). The predicted octanol–water partition coefficient (Wildman–Crippen LogP) is 3.84. The fraction of sp³-hybridized carbons (Fsp3) is 0.750. The number of nitrogens with zero attached hydrogens (tertiary/aromatic N) is 2. The van der Waals surface area contributed by atoms with E-state index >= 15 is 0 Å². The van der Waals surface area contributed by atoms with Crippen molar-refractivity contribution in [3.63, 3.8) is 0 Å². The van der Waals surface area contributed by atoms with Crippen LogP contribution in [0.1, 0.15) is 68.8 Å². The molecule has 0 radical (unpaired) electrons. The molecular formula is C16H26N2O2. The van der Waals surface area contributed by atoms with Crippen molar-refractivity contribution in [2.24, 2.45) is 5.92 Å². The van der Waals surface area contributed by atoms with Gasteiger partial charge in [0, 0.05) is 13.0 Å². The Bertz CT molecular complexity index is 432. The molecule has 0 atom stereocenters. The van der Waals surface area contributed by atoms with Crippen LogP contribution in [0.2, 0.25) is 0 Å². The minimum absolute atomic E-state index is 0.194. The molecule has 20 heavy (non-hydrogen) atoms. The van der Waals surface area contributed by atoms with Gasteiger partial charge in [-0.25, -0.2) is 0 Å². The van der Waals surface area contributed by atoms with Crippen LogP contribution in [0, 0.1) is 5.92 Å². The lowest BCUT2D eigenvalue weighted by Gasteiger charge is -2.14. The van der Waals surface area contributed by atoms with E-state index in [4.69, 9.17) is 4.74 Å². The zero-order valence-corrected chi connectivity index (χ0v) is 12.7. The van der Waals surface area contributed by atoms with E-state index in [1.807, 2.05) is 0 Å². The van der Waals surface area contributed by atoms with Crippen molar-refractivity contribution in [3.8, 4) is 5.75 Å². The summed E-state index contributed by atoms with van der Waals surface area (Å²) >= 11 is 0. The summed E-state index contributed by atoms with van der Waals surface area (Å²) in [5, 5.41) is 4.28. The highest BCUT2D eigenvalue weighted by molar-refractivity contribution is 5.97. The van der Waals surface area contributed by atoms with Crippen LogP contribution in [0.5, 0.6) is 5.75 Å². The van der Waals surface area contributed by atoms with Gasteiger partial charge in [0.25, 0.3) is 0 Å². The molecule has 0 spiro atoms. The van der Waals surface area contributed by atoms with Crippen molar-refractivity contribution >= 4 is 5.78 Å². The molecule has 1 aromatic rings. The van der Waals surface area contributed by atoms with Gasteiger partial charge in [-0.05, 0) is 12.3 Å². The standard InChI is InChI=1S/C16H26N2O2/c1-3-10-18-16(15(20-2)12-17-18)14(19)11-13-8-6-4-5-7-9-13/h12-13H,3-11H2,1-2H3. The van der Waals surface area contributed by atoms with Gasteiger partial charge in [-0.1, -0.05) is 45.4 Å². The predicted molar refractivity (Wildman–Crippen MR) is 79.2 cm³/mol. The fourth-order valence-electron chi connectivity index (χ4n) is 3.11. The molecule has 1 saturated carbocycles. The largest absolute Gasteiger partial charge is 0.493 e. The van der Waals surface area contributed by atoms with Crippen LogP contribution in [0.25, 0.3) is 0 Å². The molecule has 1 aromatic heterocycles. The Morgan fingerprint density at radius 3 is 2.65 bits per heavy atom. The third-order valence-corrected chi connectivity index (χ3v) is 4.17. The van der Waals surface area contributed by atoms with E-state index in [9.17, 15) is 4.79 Å². The summed E-state index contributed by atoms with van der Waals surface area (Å²) in [4.78, 5) is 12.6. The summed E-state index contributed by atoms with van der Waals surface area (Å²) in [6, 6.07) is 0. The molecule has 0 saturated heterocycles. The smallest absolute Gasteiger partial charge is 0.184 e. The maximum atomic E-state index is 12.6. The van der Waals surface area contributed by atoms with Gasteiger partial charge in [0.15, 0.2) is 11.5 Å². The number of hydrogen-bond donors (Lipinski definition) is 0. The fourth-order valence-corrected chi connectivity index (χ4v) is 3.11. The van der Waals surface area contributed by atoms with E-state index < -0.39 is 0 Å². The van der Waals surface area contributed by atoms with Gasteiger partial charge in [0.2, 0.25) is 0 Å². The van der Waals surface area contributed by atoms with E-state index in [1.165, 1.54) is 38.5 Å². The van der Waals surface area contributed by atoms with Crippen molar-refractivity contribution in [2.75, 3.05) is 7.11 Å². The summed E-state index contributed by atoms with van der Waals surface area (Å²) in [6.45, 7) is 2.86. The SMILES string of the molecule is CCCn1ncc(OC)c1C(=O)CC1CCCCCC1. The number of aryl methyl sites for hydroxylation is 1. The van der Waals surface area contributed by atoms with Crippen LogP contribution in [0.4, 0.5) is 0 Å². The molecular weight excluding hydrogens is 252 g/mol. The number of methoxy groups -OCH3 is 1. The summed E-state index contributed by atoms with van der Waals surface area (Å²) in [5.41, 5.74) is 0.665. The number of hydrogen-bond acceptors (Lipinski definition) is 3. The first-order valence-electron chi connectivity index (χ1n) is 7.89. The lowest BCUT2D eigenvalue weighted by molar-refractivity contribution is 0.0943. The summed E-state index contributed by atoms with van der Waals surface area (Å²) < 4.78 is 7.11. The number of carbonyl (C=O) groups is 1. The van der Waals surface area contributed by atoms with Crippen LogP contribution >= 0.6 is 0 Å². The lowest BCUT2D eigenvalue weighted by Crippen LogP contribution is -2.15. The molecule has 1 fully saturated rings. The van der Waals surface area contributed by atoms with Crippen molar-refractivity contribution < 1.29 is 9.53 Å². The molecule has 112 valence electrons. The molecule has 4 heteroatoms. The molecule has 0 aliphatic heterocycles. The number of rotatable bonds is 6. The van der Waals surface area contributed by atoms with Crippen LogP contribution in [0.3, 0.4) is 0 Å². The Morgan fingerprint density at radius 1 is 1.35 bits per heavy atom. The maximum Gasteiger partial charge on any atom is 0.184 e. The van der Waals surface area contributed by atoms with E-state index in [-0.39, 0.29) is 5.78 Å². The highest BCUT2D eigenvalue weighted by Crippen LogP contribution is 2.28. The first-order valence-corrected chi connectivity index (χ1v) is 7.89. The monoisotopic (exact) mass is 278 g/mol. The summed E-state index contributed by atoms with van der Waals surface area (Å²) in [6.07, 6.45) is 10.8. The van der Waals surface area contributed by atoms with Gasteiger partial charge < -0.3 is 4.74 Å². The van der Waals surface area contributed by atoms with Crippen LogP contribution in [-0.4, -0.2) is 22.7 Å². The lowest BCUT2D eigenvalue weighted by atomic mass is 9.93. The Hall–Kier alpha value is -1.32. The zero-order valence-electron chi connectivity index (χ0n) is 12.7. The van der Waals surface area contributed by atoms with Gasteiger partial charge >= 0.3 is 0 Å². The van der Waals surface area contributed by atoms with Gasteiger partial charge in [-0.2, -0.15) is 5.10 Å². The Labute approximate surface area is 121 Å². The van der Waals surface area contributed by atoms with Gasteiger partial charge in [-0.15, -0.1) is 0 Å². The Morgan fingerprint density at radius 2 is 2.05 bits per heavy atom. The number of carbonyl (C=O) groups excluding carboxylic acids is 1. The molecule has 1 aliphatic carbocycles. The van der Waals surface area contributed by atoms with Crippen molar-refractivity contribution in [1.29, 1.82) is 0 Å². The van der Waals surface area contributed by atoms with E-state index in [1.54, 1.807) is 18.0 Å². The number of aromatic nitrogens is 2. The number of ketones is 1. The number of ether oxygens (including phenoxy) is 1. The second-order valence-corrected chi connectivity index (χ2v) is 5.77. The Kier molecular flexibility index (Phi) is 5.62. The van der Waals surface area contributed by atoms with Crippen LogP contribution in [0.15, 0.2) is 6.20 Å². The van der Waals surface area contributed by atoms with Crippen LogP contribution < -0.4 is 4.74 Å². The quantitative estimate of drug-likeness (QED) is 0.586. The minimum Gasteiger partial charge on any atom is -0.493 e. The average molecular weight is 278 g/mol. The molecule has 0 unspecified atom stereocenters. The molecule has 4 nitrogen and oxygen atoms in total. The van der Waals surface area contributed by atoms with Gasteiger partial charge in [0.05, 0.1) is 13.3 Å². The van der Waals surface area contributed by atoms with Gasteiger partial charge in [0.1, 0.15) is 5.69 Å². The minimum atomic E-state index is 0.194. The highest BCUT2D eigenvalue weighted by atomic mass is 16.5. The van der Waals surface area contributed by atoms with E-state index in [0.29, 0.717) is 23.8 Å². The molecule has 0 bridgehead atoms. The molecule has 0 aromatic carbocycles. The van der Waals surface area contributed by atoms with E-state index in [2.05, 4.69) is 12.0 Å². The average Bonchev–Trinajstić information content (AvgIpc) is 2.67. The first kappa shape index (κ1) is 15.1.